The monoisotopic (exact) mass is 200 g/mol. The lowest BCUT2D eigenvalue weighted by molar-refractivity contribution is 0.0983. The lowest BCUT2D eigenvalue weighted by Gasteiger charge is -2.33. The van der Waals surface area contributed by atoms with Crippen LogP contribution < -0.4 is 5.43 Å². The van der Waals surface area contributed by atoms with Crippen LogP contribution in [-0.2, 0) is 0 Å². The molecule has 0 aliphatic heterocycles. The summed E-state index contributed by atoms with van der Waals surface area (Å²) in [6.07, 6.45) is 0. The van der Waals surface area contributed by atoms with Crippen molar-refractivity contribution in [3.63, 3.8) is 0 Å². The second-order valence-electron chi connectivity index (χ2n) is 6.05. The van der Waals surface area contributed by atoms with Gasteiger partial charge in [0.25, 0.3) is 0 Å². The minimum Gasteiger partial charge on any atom is -0.250 e. The van der Waals surface area contributed by atoms with Gasteiger partial charge in [-0.2, -0.15) is 0 Å². The second kappa shape index (κ2) is 5.72. The minimum absolute atomic E-state index is 0.170. The van der Waals surface area contributed by atoms with Gasteiger partial charge in [-0.15, -0.1) is 0 Å². The van der Waals surface area contributed by atoms with Crippen LogP contribution >= 0.6 is 0 Å². The fourth-order valence-corrected chi connectivity index (χ4v) is 1.52. The first-order valence-electron chi connectivity index (χ1n) is 5.73. The molecule has 0 aliphatic carbocycles. The highest BCUT2D eigenvalue weighted by Gasteiger charge is 2.16. The van der Waals surface area contributed by atoms with E-state index in [2.05, 4.69) is 58.9 Å². The van der Waals surface area contributed by atoms with Crippen molar-refractivity contribution in [2.24, 2.45) is 11.8 Å². The van der Waals surface area contributed by atoms with Crippen LogP contribution in [0.3, 0.4) is 0 Å². The molecule has 0 bridgehead atoms. The Kier molecular flexibility index (Phi) is 5.68. The first kappa shape index (κ1) is 13.9. The summed E-state index contributed by atoms with van der Waals surface area (Å²) in [7, 11) is 0. The summed E-state index contributed by atoms with van der Waals surface area (Å²) in [6, 6.07) is 0. The molecule has 0 fully saturated rings. The van der Waals surface area contributed by atoms with Crippen LogP contribution in [0.15, 0.2) is 0 Å². The van der Waals surface area contributed by atoms with Crippen molar-refractivity contribution in [3.05, 3.63) is 0 Å². The molecule has 1 N–H and O–H groups in total. The third-order valence-corrected chi connectivity index (χ3v) is 1.66. The summed E-state index contributed by atoms with van der Waals surface area (Å²) in [6.45, 7) is 17.9. The molecular weight excluding hydrogens is 172 g/mol. The molecule has 0 spiro atoms. The largest absolute Gasteiger partial charge is 0.250 e. The smallest absolute Gasteiger partial charge is 0.0241 e. The van der Waals surface area contributed by atoms with Gasteiger partial charge in [-0.25, -0.2) is 10.4 Å². The van der Waals surface area contributed by atoms with E-state index < -0.39 is 0 Å². The average Bonchev–Trinajstić information content (AvgIpc) is 1.77. The molecule has 0 aromatic carbocycles. The predicted molar refractivity (Wildman–Crippen MR) is 64.1 cm³/mol. The molecule has 0 amide bonds. The minimum atomic E-state index is 0.170. The number of nitrogens with one attached hydrogen (secondary N) is 1. The lowest BCUT2D eigenvalue weighted by Crippen LogP contribution is -2.51. The Balaban J connectivity index is 4.11. The Morgan fingerprint density at radius 1 is 0.929 bits per heavy atom. The van der Waals surface area contributed by atoms with Gasteiger partial charge in [0.05, 0.1) is 0 Å². The molecule has 0 unspecified atom stereocenters. The number of hydrazine groups is 1. The van der Waals surface area contributed by atoms with Crippen LogP contribution in [-0.4, -0.2) is 23.6 Å². The maximum Gasteiger partial charge on any atom is 0.0241 e. The summed E-state index contributed by atoms with van der Waals surface area (Å²) >= 11 is 0. The molecule has 0 heterocycles. The fourth-order valence-electron chi connectivity index (χ4n) is 1.52. The standard InChI is InChI=1S/C12H28N2/c1-10(2)8-14(9-11(3)4)13-12(5,6)7/h10-11,13H,8-9H2,1-7H3. The molecule has 0 aromatic rings. The molecule has 0 aromatic heterocycles. The van der Waals surface area contributed by atoms with Crippen LogP contribution in [0, 0.1) is 11.8 Å². The fraction of sp³-hybridized carbons (Fsp3) is 1.00. The Morgan fingerprint density at radius 2 is 1.29 bits per heavy atom. The number of rotatable bonds is 5. The predicted octanol–water partition coefficient (Wildman–Crippen LogP) is 2.90. The highest BCUT2D eigenvalue weighted by Crippen LogP contribution is 2.06. The molecule has 0 rings (SSSR count). The van der Waals surface area contributed by atoms with E-state index in [4.69, 9.17) is 0 Å². The first-order chi connectivity index (χ1) is 6.20. The van der Waals surface area contributed by atoms with E-state index in [1.165, 1.54) is 0 Å². The Morgan fingerprint density at radius 3 is 1.50 bits per heavy atom. The van der Waals surface area contributed by atoms with Crippen molar-refractivity contribution >= 4 is 0 Å². The van der Waals surface area contributed by atoms with Crippen LogP contribution in [0.4, 0.5) is 0 Å². The van der Waals surface area contributed by atoms with Gasteiger partial charge in [-0.1, -0.05) is 27.7 Å². The zero-order valence-electron chi connectivity index (χ0n) is 11.0. The van der Waals surface area contributed by atoms with Crippen LogP contribution in [0.5, 0.6) is 0 Å². The van der Waals surface area contributed by atoms with Gasteiger partial charge in [-0.05, 0) is 32.6 Å². The third kappa shape index (κ3) is 8.52. The van der Waals surface area contributed by atoms with E-state index in [1.54, 1.807) is 0 Å². The van der Waals surface area contributed by atoms with E-state index in [-0.39, 0.29) is 5.54 Å². The van der Waals surface area contributed by atoms with Crippen molar-refractivity contribution in [3.8, 4) is 0 Å². The molecule has 0 atom stereocenters. The maximum atomic E-state index is 3.55. The highest BCUT2D eigenvalue weighted by atomic mass is 15.5. The zero-order valence-corrected chi connectivity index (χ0v) is 11.0. The van der Waals surface area contributed by atoms with Crippen LogP contribution in [0.2, 0.25) is 0 Å². The number of hydrogen-bond donors (Lipinski definition) is 1. The average molecular weight is 200 g/mol. The van der Waals surface area contributed by atoms with E-state index in [0.29, 0.717) is 11.8 Å². The summed E-state index contributed by atoms with van der Waals surface area (Å²) in [4.78, 5) is 0. The topological polar surface area (TPSA) is 15.3 Å². The first-order valence-corrected chi connectivity index (χ1v) is 5.73. The van der Waals surface area contributed by atoms with E-state index in [9.17, 15) is 0 Å². The van der Waals surface area contributed by atoms with Crippen molar-refractivity contribution in [2.45, 2.75) is 54.0 Å². The van der Waals surface area contributed by atoms with E-state index in [0.717, 1.165) is 13.1 Å². The molecule has 0 saturated heterocycles. The third-order valence-electron chi connectivity index (χ3n) is 1.66. The number of nitrogens with zero attached hydrogens (tertiary/aromatic N) is 1. The summed E-state index contributed by atoms with van der Waals surface area (Å²) in [5.41, 5.74) is 3.72. The van der Waals surface area contributed by atoms with E-state index >= 15 is 0 Å². The van der Waals surface area contributed by atoms with Gasteiger partial charge in [0, 0.05) is 18.6 Å². The Bertz CT molecular complexity index is 135. The molecule has 0 aliphatic rings. The maximum absolute atomic E-state index is 3.55. The van der Waals surface area contributed by atoms with Crippen LogP contribution in [0.25, 0.3) is 0 Å². The summed E-state index contributed by atoms with van der Waals surface area (Å²) < 4.78 is 0. The van der Waals surface area contributed by atoms with E-state index in [1.807, 2.05) is 0 Å². The highest BCUT2D eigenvalue weighted by molar-refractivity contribution is 4.70. The molecule has 86 valence electrons. The van der Waals surface area contributed by atoms with Crippen molar-refractivity contribution < 1.29 is 0 Å². The Labute approximate surface area is 90.0 Å². The normalized spacial score (nSPS) is 13.3. The van der Waals surface area contributed by atoms with Gasteiger partial charge < -0.3 is 0 Å². The molecule has 0 radical (unpaired) electrons. The quantitative estimate of drug-likeness (QED) is 0.687. The second-order valence-corrected chi connectivity index (χ2v) is 6.05. The zero-order chi connectivity index (χ0) is 11.4. The van der Waals surface area contributed by atoms with Gasteiger partial charge >= 0.3 is 0 Å². The van der Waals surface area contributed by atoms with Gasteiger partial charge in [-0.3, -0.25) is 0 Å². The Hall–Kier alpha value is -0.0800. The molecule has 2 nitrogen and oxygen atoms in total. The van der Waals surface area contributed by atoms with Crippen molar-refractivity contribution in [2.75, 3.05) is 13.1 Å². The molecular formula is C12H28N2. The summed E-state index contributed by atoms with van der Waals surface area (Å²) in [5.74, 6) is 1.42. The molecule has 0 saturated carbocycles. The molecule has 14 heavy (non-hydrogen) atoms. The SMILES string of the molecule is CC(C)CN(CC(C)C)NC(C)(C)C. The summed E-state index contributed by atoms with van der Waals surface area (Å²) in [5, 5.41) is 2.36. The van der Waals surface area contributed by atoms with Gasteiger partial charge in [0.2, 0.25) is 0 Å². The van der Waals surface area contributed by atoms with Crippen molar-refractivity contribution in [1.29, 1.82) is 0 Å². The molecule has 2 heteroatoms. The lowest BCUT2D eigenvalue weighted by atomic mass is 10.1. The van der Waals surface area contributed by atoms with Gasteiger partial charge in [0.15, 0.2) is 0 Å². The van der Waals surface area contributed by atoms with Gasteiger partial charge in [0.1, 0.15) is 0 Å². The number of hydrogen-bond acceptors (Lipinski definition) is 2. The van der Waals surface area contributed by atoms with Crippen molar-refractivity contribution in [1.82, 2.24) is 10.4 Å². The van der Waals surface area contributed by atoms with Crippen LogP contribution in [0.1, 0.15) is 48.5 Å².